The topological polar surface area (TPSA) is 60.8 Å². The van der Waals surface area contributed by atoms with Crippen molar-refractivity contribution >= 4 is 17.2 Å². The highest BCUT2D eigenvalue weighted by atomic mass is 32.1. The van der Waals surface area contributed by atoms with Gasteiger partial charge in [-0.1, -0.05) is 24.7 Å². The lowest BCUT2D eigenvalue weighted by molar-refractivity contribution is 0.0600. The van der Waals surface area contributed by atoms with E-state index in [0.29, 0.717) is 12.1 Å². The molecule has 1 amide bonds. The lowest BCUT2D eigenvalue weighted by atomic mass is 10.1. The fourth-order valence-electron chi connectivity index (χ4n) is 2.44. The minimum Gasteiger partial charge on any atom is -0.394 e. The van der Waals surface area contributed by atoms with Crippen molar-refractivity contribution < 1.29 is 15.0 Å². The minimum absolute atomic E-state index is 0.0209. The highest BCUT2D eigenvalue weighted by molar-refractivity contribution is 7.10. The number of aliphatic hydroxyl groups excluding tert-OH is 2. The van der Waals surface area contributed by atoms with Crippen LogP contribution in [0, 0.1) is 11.8 Å². The van der Waals surface area contributed by atoms with Gasteiger partial charge >= 0.3 is 0 Å². The van der Waals surface area contributed by atoms with E-state index >= 15 is 0 Å². The second-order valence-corrected chi connectivity index (χ2v) is 5.76. The van der Waals surface area contributed by atoms with E-state index in [1.165, 1.54) is 11.3 Å². The second kappa shape index (κ2) is 7.44. The zero-order valence-electron chi connectivity index (χ0n) is 11.3. The summed E-state index contributed by atoms with van der Waals surface area (Å²) in [6.45, 7) is 0.546. The molecule has 5 heteroatoms. The number of hydrogen-bond acceptors (Lipinski definition) is 4. The van der Waals surface area contributed by atoms with Crippen molar-refractivity contribution in [2.24, 2.45) is 0 Å². The van der Waals surface area contributed by atoms with Gasteiger partial charge in [-0.3, -0.25) is 4.79 Å². The first-order valence-electron chi connectivity index (χ1n) is 6.86. The summed E-state index contributed by atoms with van der Waals surface area (Å²) in [4.78, 5) is 15.1. The molecule has 108 valence electrons. The molecule has 1 unspecified atom stereocenters. The van der Waals surface area contributed by atoms with Crippen molar-refractivity contribution in [3.8, 4) is 11.8 Å². The third-order valence-electron chi connectivity index (χ3n) is 3.49. The van der Waals surface area contributed by atoms with Gasteiger partial charge in [0.05, 0.1) is 23.1 Å². The first kappa shape index (κ1) is 15.0. The zero-order chi connectivity index (χ0) is 14.4. The van der Waals surface area contributed by atoms with E-state index < -0.39 is 0 Å². The van der Waals surface area contributed by atoms with Gasteiger partial charge in [-0.05, 0) is 18.9 Å². The van der Waals surface area contributed by atoms with Gasteiger partial charge in [-0.2, -0.15) is 0 Å². The lowest BCUT2D eigenvalue weighted by Crippen LogP contribution is -2.41. The van der Waals surface area contributed by atoms with Crippen LogP contribution in [0.1, 0.15) is 40.9 Å². The first-order chi connectivity index (χ1) is 9.76. The molecule has 0 aliphatic carbocycles. The van der Waals surface area contributed by atoms with Crippen LogP contribution in [0.15, 0.2) is 11.4 Å². The van der Waals surface area contributed by atoms with Gasteiger partial charge in [0.2, 0.25) is 0 Å². The maximum atomic E-state index is 12.5. The zero-order valence-corrected chi connectivity index (χ0v) is 12.2. The van der Waals surface area contributed by atoms with Gasteiger partial charge < -0.3 is 15.1 Å². The average molecular weight is 293 g/mol. The number of carbonyl (C=O) groups is 1. The Balaban J connectivity index is 2.14. The van der Waals surface area contributed by atoms with Crippen LogP contribution in [0.5, 0.6) is 0 Å². The molecular formula is C15H19NO3S. The molecule has 1 aliphatic rings. The minimum atomic E-state index is -0.181. The molecule has 0 saturated carbocycles. The van der Waals surface area contributed by atoms with Crippen molar-refractivity contribution in [3.63, 3.8) is 0 Å². The van der Waals surface area contributed by atoms with Crippen molar-refractivity contribution in [2.45, 2.75) is 31.7 Å². The van der Waals surface area contributed by atoms with Crippen LogP contribution in [-0.4, -0.2) is 46.8 Å². The Kier molecular flexibility index (Phi) is 5.60. The van der Waals surface area contributed by atoms with E-state index in [2.05, 4.69) is 11.8 Å². The summed E-state index contributed by atoms with van der Waals surface area (Å²) in [6, 6.07) is 1.69. The SMILES string of the molecule is O=C(c1csc(C#CCO)c1)N1CCCCCC1CO. The molecule has 1 fully saturated rings. The quantitative estimate of drug-likeness (QED) is 0.812. The molecule has 0 bridgehead atoms. The summed E-state index contributed by atoms with van der Waals surface area (Å²) >= 11 is 1.40. The molecule has 2 N–H and O–H groups in total. The van der Waals surface area contributed by atoms with Gasteiger partial charge in [-0.15, -0.1) is 11.3 Å². The standard InChI is InChI=1S/C15H19NO3S/c17-8-4-6-14-9-12(11-20-14)15(19)16-7-3-1-2-5-13(16)10-18/h9,11,13,17-18H,1-3,5,7-8,10H2. The van der Waals surface area contributed by atoms with Gasteiger partial charge in [0.25, 0.3) is 5.91 Å². The summed E-state index contributed by atoms with van der Waals surface area (Å²) in [5, 5.41) is 19.9. The maximum Gasteiger partial charge on any atom is 0.255 e. The Hall–Kier alpha value is -1.35. The van der Waals surface area contributed by atoms with Gasteiger partial charge in [-0.25, -0.2) is 0 Å². The molecule has 2 heterocycles. The van der Waals surface area contributed by atoms with Crippen LogP contribution in [0.3, 0.4) is 0 Å². The lowest BCUT2D eigenvalue weighted by Gasteiger charge is -2.28. The summed E-state index contributed by atoms with van der Waals surface area (Å²) in [6.07, 6.45) is 4.02. The molecule has 0 aromatic carbocycles. The van der Waals surface area contributed by atoms with E-state index in [0.717, 1.165) is 30.6 Å². The molecule has 0 radical (unpaired) electrons. The molecule has 2 rings (SSSR count). The molecule has 4 nitrogen and oxygen atoms in total. The molecule has 1 atom stereocenters. The van der Waals surface area contributed by atoms with E-state index in [4.69, 9.17) is 5.11 Å². The number of nitrogens with zero attached hydrogens (tertiary/aromatic N) is 1. The number of rotatable bonds is 2. The Bertz CT molecular complexity index is 515. The summed E-state index contributed by atoms with van der Waals surface area (Å²) in [5.41, 5.74) is 0.623. The number of carbonyl (C=O) groups excluding carboxylic acids is 1. The van der Waals surface area contributed by atoms with Gasteiger partial charge in [0, 0.05) is 11.9 Å². The molecule has 1 aromatic heterocycles. The van der Waals surface area contributed by atoms with Crippen LogP contribution in [-0.2, 0) is 0 Å². The van der Waals surface area contributed by atoms with E-state index in [-0.39, 0.29) is 25.2 Å². The largest absolute Gasteiger partial charge is 0.394 e. The van der Waals surface area contributed by atoms with E-state index in [1.807, 2.05) is 0 Å². The van der Waals surface area contributed by atoms with Gasteiger partial charge in [0.15, 0.2) is 0 Å². The van der Waals surface area contributed by atoms with Crippen molar-refractivity contribution in [3.05, 3.63) is 21.9 Å². The third-order valence-corrected chi connectivity index (χ3v) is 4.33. The Morgan fingerprint density at radius 1 is 1.40 bits per heavy atom. The van der Waals surface area contributed by atoms with Crippen molar-refractivity contribution in [1.29, 1.82) is 0 Å². The van der Waals surface area contributed by atoms with Crippen LogP contribution < -0.4 is 0 Å². The predicted molar refractivity (Wildman–Crippen MR) is 78.7 cm³/mol. The normalized spacial score (nSPS) is 19.1. The number of likely N-dealkylation sites (tertiary alicyclic amines) is 1. The molecule has 1 aromatic rings. The summed E-state index contributed by atoms with van der Waals surface area (Å²) in [5.74, 6) is 5.36. The van der Waals surface area contributed by atoms with Crippen LogP contribution in [0.25, 0.3) is 0 Å². The third kappa shape index (κ3) is 3.60. The summed E-state index contributed by atoms with van der Waals surface area (Å²) < 4.78 is 0. The number of thiophene rings is 1. The second-order valence-electron chi connectivity index (χ2n) is 4.84. The van der Waals surface area contributed by atoms with E-state index in [9.17, 15) is 9.90 Å². The van der Waals surface area contributed by atoms with Crippen molar-refractivity contribution in [1.82, 2.24) is 4.90 Å². The fraction of sp³-hybridized carbons (Fsp3) is 0.533. The Labute approximate surface area is 123 Å². The van der Waals surface area contributed by atoms with Crippen molar-refractivity contribution in [2.75, 3.05) is 19.8 Å². The van der Waals surface area contributed by atoms with E-state index in [1.54, 1.807) is 16.3 Å². The van der Waals surface area contributed by atoms with Crippen LogP contribution in [0.2, 0.25) is 0 Å². The molecular weight excluding hydrogens is 274 g/mol. The molecule has 20 heavy (non-hydrogen) atoms. The fourth-order valence-corrected chi connectivity index (χ4v) is 3.19. The number of amides is 1. The highest BCUT2D eigenvalue weighted by Crippen LogP contribution is 2.21. The van der Waals surface area contributed by atoms with Gasteiger partial charge in [0.1, 0.15) is 6.61 Å². The number of aliphatic hydroxyl groups is 2. The smallest absolute Gasteiger partial charge is 0.255 e. The monoisotopic (exact) mass is 293 g/mol. The first-order valence-corrected chi connectivity index (χ1v) is 7.74. The highest BCUT2D eigenvalue weighted by Gasteiger charge is 2.26. The Morgan fingerprint density at radius 3 is 3.00 bits per heavy atom. The Morgan fingerprint density at radius 2 is 2.25 bits per heavy atom. The molecule has 1 aliphatic heterocycles. The molecule has 0 spiro atoms. The predicted octanol–water partition coefficient (Wildman–Crippen LogP) is 1.47. The maximum absolute atomic E-state index is 12.5. The molecule has 1 saturated heterocycles. The van der Waals surface area contributed by atoms with Crippen LogP contribution >= 0.6 is 11.3 Å². The summed E-state index contributed by atoms with van der Waals surface area (Å²) in [7, 11) is 0. The van der Waals surface area contributed by atoms with Crippen LogP contribution in [0.4, 0.5) is 0 Å². The average Bonchev–Trinajstić information content (AvgIpc) is 2.81. The number of hydrogen-bond donors (Lipinski definition) is 2.